The van der Waals surface area contributed by atoms with Crippen LogP contribution in [0.2, 0.25) is 0 Å². The fourth-order valence-corrected chi connectivity index (χ4v) is 5.16. The van der Waals surface area contributed by atoms with Gasteiger partial charge in [-0.3, -0.25) is 4.40 Å². The molecule has 6 rings (SSSR count). The number of amidine groups is 1. The van der Waals surface area contributed by atoms with Gasteiger partial charge in [-0.2, -0.15) is 0 Å². The summed E-state index contributed by atoms with van der Waals surface area (Å²) >= 11 is 0. The zero-order valence-electron chi connectivity index (χ0n) is 17.6. The first-order valence-electron chi connectivity index (χ1n) is 11.5. The minimum absolute atomic E-state index is 0.947. The number of aliphatic imine (C=N–C) groups is 1. The number of aryl methyl sites for hydroxylation is 2. The summed E-state index contributed by atoms with van der Waals surface area (Å²) in [6.45, 7) is 5.22. The van der Waals surface area contributed by atoms with Crippen LogP contribution in [0, 0.1) is 5.92 Å². The zero-order valence-corrected chi connectivity index (χ0v) is 17.6. The van der Waals surface area contributed by atoms with Crippen LogP contribution < -0.4 is 4.90 Å². The Morgan fingerprint density at radius 2 is 1.80 bits per heavy atom. The molecule has 0 aromatic carbocycles. The van der Waals surface area contributed by atoms with Crippen molar-refractivity contribution in [3.63, 3.8) is 0 Å². The summed E-state index contributed by atoms with van der Waals surface area (Å²) in [5.41, 5.74) is 2.44. The lowest BCUT2D eigenvalue weighted by atomic mass is 9.83. The minimum Gasteiger partial charge on any atom is -0.356 e. The van der Waals surface area contributed by atoms with E-state index in [0.717, 1.165) is 57.1 Å². The third-order valence-electron chi connectivity index (χ3n) is 7.25. The Labute approximate surface area is 177 Å². The van der Waals surface area contributed by atoms with Crippen LogP contribution in [-0.2, 0) is 13.0 Å². The summed E-state index contributed by atoms with van der Waals surface area (Å²) < 4.78 is 4.60. The number of nitrogens with zero attached hydrogens (tertiary/aromatic N) is 6. The molecule has 2 aliphatic heterocycles. The van der Waals surface area contributed by atoms with Crippen LogP contribution >= 0.6 is 0 Å². The van der Waals surface area contributed by atoms with Crippen LogP contribution in [0.4, 0.5) is 11.6 Å². The SMILES string of the molecule is c1cc(N2CCN(C3=Nc4c(ccn4CCC4CCC4)CC3)CC2)n2ccnc2c1. The second kappa shape index (κ2) is 7.49. The van der Waals surface area contributed by atoms with E-state index in [2.05, 4.69) is 60.4 Å². The lowest BCUT2D eigenvalue weighted by molar-refractivity contribution is 0.283. The molecule has 0 amide bonds. The topological polar surface area (TPSA) is 41.1 Å². The summed E-state index contributed by atoms with van der Waals surface area (Å²) in [4.78, 5) is 14.6. The monoisotopic (exact) mass is 402 g/mol. The minimum atomic E-state index is 0.947. The van der Waals surface area contributed by atoms with E-state index in [1.807, 2.05) is 6.20 Å². The molecule has 156 valence electrons. The van der Waals surface area contributed by atoms with Crippen LogP contribution in [0.15, 0.2) is 47.8 Å². The summed E-state index contributed by atoms with van der Waals surface area (Å²) in [5, 5.41) is 0. The van der Waals surface area contributed by atoms with Gasteiger partial charge >= 0.3 is 0 Å². The Morgan fingerprint density at radius 1 is 0.933 bits per heavy atom. The molecule has 0 radical (unpaired) electrons. The van der Waals surface area contributed by atoms with Crippen molar-refractivity contribution in [1.82, 2.24) is 18.9 Å². The van der Waals surface area contributed by atoms with Gasteiger partial charge in [0.1, 0.15) is 23.1 Å². The van der Waals surface area contributed by atoms with Crippen molar-refractivity contribution in [3.05, 3.63) is 48.4 Å². The van der Waals surface area contributed by atoms with Gasteiger partial charge in [0, 0.05) is 57.7 Å². The van der Waals surface area contributed by atoms with Crippen molar-refractivity contribution < 1.29 is 0 Å². The predicted molar refractivity (Wildman–Crippen MR) is 121 cm³/mol. The highest BCUT2D eigenvalue weighted by Gasteiger charge is 2.25. The van der Waals surface area contributed by atoms with Crippen molar-refractivity contribution in [1.29, 1.82) is 0 Å². The first-order valence-corrected chi connectivity index (χ1v) is 11.5. The summed E-state index contributed by atoms with van der Waals surface area (Å²) in [6, 6.07) is 8.66. The predicted octanol–water partition coefficient (Wildman–Crippen LogP) is 4.12. The second-order valence-corrected chi connectivity index (χ2v) is 8.99. The maximum absolute atomic E-state index is 5.16. The van der Waals surface area contributed by atoms with E-state index in [-0.39, 0.29) is 0 Å². The van der Waals surface area contributed by atoms with E-state index in [9.17, 15) is 0 Å². The Morgan fingerprint density at radius 3 is 2.63 bits per heavy atom. The van der Waals surface area contributed by atoms with Crippen LogP contribution in [0.1, 0.15) is 37.7 Å². The molecular formula is C24H30N6. The van der Waals surface area contributed by atoms with Gasteiger partial charge in [-0.1, -0.05) is 25.3 Å². The Balaban J connectivity index is 1.15. The van der Waals surface area contributed by atoms with Gasteiger partial charge in [-0.15, -0.1) is 0 Å². The summed E-state index contributed by atoms with van der Waals surface area (Å²) in [6.07, 6.45) is 14.0. The quantitative estimate of drug-likeness (QED) is 0.659. The number of fused-ring (bicyclic) bond motifs is 2. The van der Waals surface area contributed by atoms with Gasteiger partial charge in [0.25, 0.3) is 0 Å². The van der Waals surface area contributed by atoms with Crippen LogP contribution in [0.3, 0.4) is 0 Å². The third-order valence-corrected chi connectivity index (χ3v) is 7.25. The Kier molecular flexibility index (Phi) is 4.51. The number of anilines is 1. The van der Waals surface area contributed by atoms with Gasteiger partial charge in [0.2, 0.25) is 0 Å². The molecule has 0 N–H and O–H groups in total. The van der Waals surface area contributed by atoms with Crippen molar-refractivity contribution in [2.24, 2.45) is 10.9 Å². The van der Waals surface area contributed by atoms with Gasteiger partial charge in [-0.05, 0) is 42.5 Å². The standard InChI is InChI=1S/C24H30N6/c1-3-19(4-1)9-12-29-13-10-20-7-8-22(26-24(20)29)27-15-17-28(18-16-27)23-6-2-5-21-25-11-14-30(21)23/h2,5-6,10-11,13-14,19H,1,3-4,7-9,12,15-18H2. The molecule has 0 bridgehead atoms. The molecular weight excluding hydrogens is 372 g/mol. The molecule has 1 saturated carbocycles. The van der Waals surface area contributed by atoms with Crippen LogP contribution in [0.5, 0.6) is 0 Å². The molecule has 1 saturated heterocycles. The highest BCUT2D eigenvalue weighted by Crippen LogP contribution is 2.33. The smallest absolute Gasteiger partial charge is 0.138 e. The van der Waals surface area contributed by atoms with Crippen molar-refractivity contribution in [3.8, 4) is 0 Å². The van der Waals surface area contributed by atoms with Crippen molar-refractivity contribution in [2.45, 2.75) is 45.1 Å². The molecule has 3 aliphatic rings. The molecule has 3 aromatic rings. The third kappa shape index (κ3) is 3.18. The Hall–Kier alpha value is -2.76. The Bertz CT molecular complexity index is 1060. The van der Waals surface area contributed by atoms with Crippen molar-refractivity contribution >= 4 is 23.1 Å². The average Bonchev–Trinajstić information content (AvgIpc) is 3.39. The van der Waals surface area contributed by atoms with Crippen molar-refractivity contribution in [2.75, 3.05) is 31.1 Å². The lowest BCUT2D eigenvalue weighted by Crippen LogP contribution is -2.49. The fourth-order valence-electron chi connectivity index (χ4n) is 5.16. The lowest BCUT2D eigenvalue weighted by Gasteiger charge is -2.38. The average molecular weight is 403 g/mol. The number of aromatic nitrogens is 3. The fraction of sp³-hybridized carbons (Fsp3) is 0.500. The van der Waals surface area contributed by atoms with Gasteiger partial charge < -0.3 is 14.4 Å². The molecule has 0 unspecified atom stereocenters. The largest absolute Gasteiger partial charge is 0.356 e. The maximum Gasteiger partial charge on any atom is 0.138 e. The van der Waals surface area contributed by atoms with Gasteiger partial charge in [-0.25, -0.2) is 9.98 Å². The number of rotatable bonds is 4. The number of pyridine rings is 1. The highest BCUT2D eigenvalue weighted by molar-refractivity contribution is 5.87. The number of imidazole rings is 1. The molecule has 1 aliphatic carbocycles. The van der Waals surface area contributed by atoms with E-state index in [0.29, 0.717) is 0 Å². The van der Waals surface area contributed by atoms with Crippen LogP contribution in [0.25, 0.3) is 5.65 Å². The van der Waals surface area contributed by atoms with E-state index in [1.54, 1.807) is 0 Å². The van der Waals surface area contributed by atoms with Gasteiger partial charge in [0.05, 0.1) is 0 Å². The molecule has 3 aromatic heterocycles. The molecule has 6 heteroatoms. The first-order chi connectivity index (χ1) is 14.8. The van der Waals surface area contributed by atoms with E-state index in [4.69, 9.17) is 4.99 Å². The summed E-state index contributed by atoms with van der Waals surface area (Å²) in [5.74, 6) is 4.69. The number of piperazine rings is 1. The van der Waals surface area contributed by atoms with Crippen LogP contribution in [-0.4, -0.2) is 50.9 Å². The zero-order chi connectivity index (χ0) is 19.9. The second-order valence-electron chi connectivity index (χ2n) is 8.99. The van der Waals surface area contributed by atoms with Gasteiger partial charge in [0.15, 0.2) is 0 Å². The molecule has 2 fully saturated rings. The number of hydrogen-bond donors (Lipinski definition) is 0. The van der Waals surface area contributed by atoms with E-state index < -0.39 is 0 Å². The normalized spacial score (nSPS) is 19.7. The first kappa shape index (κ1) is 18.0. The molecule has 0 atom stereocenters. The summed E-state index contributed by atoms with van der Waals surface area (Å²) in [7, 11) is 0. The van der Waals surface area contributed by atoms with E-state index in [1.165, 1.54) is 48.7 Å². The maximum atomic E-state index is 5.16. The van der Waals surface area contributed by atoms with E-state index >= 15 is 0 Å². The molecule has 6 nitrogen and oxygen atoms in total. The molecule has 5 heterocycles. The number of hydrogen-bond acceptors (Lipinski definition) is 4. The highest BCUT2D eigenvalue weighted by atomic mass is 15.3. The molecule has 0 spiro atoms. The molecule has 30 heavy (non-hydrogen) atoms.